The molecule has 4 aromatic carbocycles. The second kappa shape index (κ2) is 9.61. The predicted octanol–water partition coefficient (Wildman–Crippen LogP) is 8.36. The van der Waals surface area contributed by atoms with Crippen molar-refractivity contribution in [1.82, 2.24) is 9.78 Å². The van der Waals surface area contributed by atoms with E-state index < -0.39 is 0 Å². The lowest BCUT2D eigenvalue weighted by Gasteiger charge is -2.42. The van der Waals surface area contributed by atoms with Crippen molar-refractivity contribution in [2.75, 3.05) is 10.2 Å². The van der Waals surface area contributed by atoms with Crippen molar-refractivity contribution in [3.63, 3.8) is 0 Å². The number of fused-ring (bicyclic) bond motifs is 4. The number of anilines is 2. The summed E-state index contributed by atoms with van der Waals surface area (Å²) in [5.41, 5.74) is 9.42. The molecule has 7 heteroatoms. The highest BCUT2D eigenvalue weighted by molar-refractivity contribution is 9.10. The number of rotatable bonds is 3. The summed E-state index contributed by atoms with van der Waals surface area (Å²) in [7, 11) is 0. The van der Waals surface area contributed by atoms with E-state index in [1.165, 1.54) is 5.56 Å². The Balaban J connectivity index is 1.55. The molecule has 2 aliphatic rings. The minimum Gasteiger partial charge on any atom is -0.335 e. The van der Waals surface area contributed by atoms with Crippen molar-refractivity contribution < 1.29 is 0 Å². The number of nitrogens with zero attached hydrogens (tertiary/aromatic N) is 5. The molecule has 0 unspecified atom stereocenters. The van der Waals surface area contributed by atoms with Gasteiger partial charge in [0.05, 0.1) is 34.5 Å². The fourth-order valence-corrected chi connectivity index (χ4v) is 5.97. The molecular weight excluding hydrogens is 560 g/mol. The maximum Gasteiger partial charge on any atom is 0.179 e. The Kier molecular flexibility index (Phi) is 5.90. The first kappa shape index (κ1) is 24.5. The smallest absolute Gasteiger partial charge is 0.179 e. The number of benzene rings is 4. The Bertz CT molecular complexity index is 1840. The summed E-state index contributed by atoms with van der Waals surface area (Å²) in [6.07, 6.45) is 0. The zero-order chi connectivity index (χ0) is 27.4. The van der Waals surface area contributed by atoms with Crippen molar-refractivity contribution in [2.45, 2.75) is 26.8 Å². The van der Waals surface area contributed by atoms with Crippen LogP contribution in [0, 0.1) is 20.8 Å². The zero-order valence-corrected chi connectivity index (χ0v) is 24.0. The van der Waals surface area contributed by atoms with Crippen LogP contribution in [-0.4, -0.2) is 21.5 Å². The third-order valence-electron chi connectivity index (χ3n) is 7.65. The van der Waals surface area contributed by atoms with Crippen molar-refractivity contribution in [2.24, 2.45) is 9.98 Å². The van der Waals surface area contributed by atoms with Gasteiger partial charge in [-0.1, -0.05) is 70.5 Å². The first-order chi connectivity index (χ1) is 19.5. The van der Waals surface area contributed by atoms with Gasteiger partial charge in [0.2, 0.25) is 0 Å². The van der Waals surface area contributed by atoms with Crippen LogP contribution >= 0.6 is 15.9 Å². The fraction of sp³-hybridized carbons (Fsp3) is 0.121. The Morgan fingerprint density at radius 1 is 0.850 bits per heavy atom. The van der Waals surface area contributed by atoms with Crippen molar-refractivity contribution >= 4 is 50.5 Å². The molecule has 196 valence electrons. The molecule has 40 heavy (non-hydrogen) atoms. The summed E-state index contributed by atoms with van der Waals surface area (Å²) in [5.74, 6) is 2.28. The Labute approximate surface area is 241 Å². The molecule has 0 spiro atoms. The van der Waals surface area contributed by atoms with Gasteiger partial charge in [0, 0.05) is 10.0 Å². The monoisotopic (exact) mass is 586 g/mol. The molecule has 0 radical (unpaired) electrons. The van der Waals surface area contributed by atoms with E-state index in [0.717, 1.165) is 61.3 Å². The molecule has 0 saturated heterocycles. The van der Waals surface area contributed by atoms with E-state index in [1.807, 2.05) is 28.9 Å². The van der Waals surface area contributed by atoms with E-state index in [9.17, 15) is 0 Å². The SMILES string of the molecule is Cc1cccc(N=C2Nc3ccccc3N3C2=Nc2c(c(C)nn2-c2ccccc2)[C@@H]3c2cccc(Br)c2)c1C. The number of nitrogens with one attached hydrogen (secondary N) is 1. The minimum atomic E-state index is -0.162. The van der Waals surface area contributed by atoms with Crippen LogP contribution in [0.15, 0.2) is 112 Å². The number of hydrogen-bond acceptors (Lipinski definition) is 4. The number of halogens is 1. The van der Waals surface area contributed by atoms with Crippen LogP contribution in [-0.2, 0) is 0 Å². The molecule has 1 N–H and O–H groups in total. The summed E-state index contributed by atoms with van der Waals surface area (Å²) >= 11 is 3.71. The quantitative estimate of drug-likeness (QED) is 0.231. The van der Waals surface area contributed by atoms with Gasteiger partial charge in [0.15, 0.2) is 17.5 Å². The minimum absolute atomic E-state index is 0.162. The summed E-state index contributed by atoms with van der Waals surface area (Å²) in [5, 5.41) is 8.63. The van der Waals surface area contributed by atoms with Crippen molar-refractivity contribution in [3.05, 3.63) is 129 Å². The fourth-order valence-electron chi connectivity index (χ4n) is 5.55. The van der Waals surface area contributed by atoms with E-state index in [-0.39, 0.29) is 6.04 Å². The second-order valence-electron chi connectivity index (χ2n) is 10.2. The van der Waals surface area contributed by atoms with Crippen LogP contribution in [0.2, 0.25) is 0 Å². The average molecular weight is 588 g/mol. The van der Waals surface area contributed by atoms with Crippen LogP contribution in [0.5, 0.6) is 0 Å². The number of aliphatic imine (C=N–C) groups is 2. The van der Waals surface area contributed by atoms with Crippen molar-refractivity contribution in [3.8, 4) is 5.69 Å². The summed E-state index contributed by atoms with van der Waals surface area (Å²) in [6.45, 7) is 6.30. The maximum atomic E-state index is 5.33. The summed E-state index contributed by atoms with van der Waals surface area (Å²) in [6, 6.07) is 33.1. The maximum absolute atomic E-state index is 5.33. The van der Waals surface area contributed by atoms with E-state index in [0.29, 0.717) is 5.84 Å². The van der Waals surface area contributed by atoms with E-state index in [2.05, 4.69) is 120 Å². The largest absolute Gasteiger partial charge is 0.335 e. The number of amidine groups is 2. The third kappa shape index (κ3) is 3.97. The number of aryl methyl sites for hydroxylation is 2. The molecule has 0 bridgehead atoms. The van der Waals surface area contributed by atoms with Gasteiger partial charge in [-0.2, -0.15) is 5.10 Å². The molecule has 0 saturated carbocycles. The van der Waals surface area contributed by atoms with Gasteiger partial charge in [0.25, 0.3) is 0 Å². The summed E-state index contributed by atoms with van der Waals surface area (Å²) in [4.78, 5) is 12.8. The highest BCUT2D eigenvalue weighted by Crippen LogP contribution is 2.48. The van der Waals surface area contributed by atoms with Gasteiger partial charge >= 0.3 is 0 Å². The topological polar surface area (TPSA) is 57.8 Å². The standard InChI is InChI=1S/C33H27BrN6/c1-20-11-9-17-26(21(20)2)35-31-33-37-32-29(22(3)38-40(32)25-14-5-4-6-15-25)30(23-12-10-13-24(34)19-23)39(33)28-18-8-7-16-27(28)36-31/h4-19,30H,1-3H3,(H,35,36)/t30-/m0/s1. The molecule has 0 fully saturated rings. The van der Waals surface area contributed by atoms with Gasteiger partial charge in [-0.15, -0.1) is 0 Å². The molecule has 1 atom stereocenters. The molecular formula is C33H27BrN6. The van der Waals surface area contributed by atoms with E-state index in [4.69, 9.17) is 15.1 Å². The average Bonchev–Trinajstić information content (AvgIpc) is 3.30. The highest BCUT2D eigenvalue weighted by Gasteiger charge is 2.42. The number of aromatic nitrogens is 2. The molecule has 1 aromatic heterocycles. The first-order valence-electron chi connectivity index (χ1n) is 13.3. The van der Waals surface area contributed by atoms with Gasteiger partial charge in [-0.25, -0.2) is 14.7 Å². The third-order valence-corrected chi connectivity index (χ3v) is 8.15. The van der Waals surface area contributed by atoms with E-state index >= 15 is 0 Å². The van der Waals surface area contributed by atoms with Crippen molar-refractivity contribution in [1.29, 1.82) is 0 Å². The second-order valence-corrected chi connectivity index (χ2v) is 11.1. The predicted molar refractivity (Wildman–Crippen MR) is 167 cm³/mol. The Hall–Kier alpha value is -4.49. The van der Waals surface area contributed by atoms with Gasteiger partial charge in [0.1, 0.15) is 0 Å². The van der Waals surface area contributed by atoms with Crippen LogP contribution < -0.4 is 10.2 Å². The first-order valence-corrected chi connectivity index (χ1v) is 14.1. The van der Waals surface area contributed by atoms with Crippen LogP contribution in [0.4, 0.5) is 22.9 Å². The van der Waals surface area contributed by atoms with Gasteiger partial charge in [-0.3, -0.25) is 0 Å². The van der Waals surface area contributed by atoms with Crippen LogP contribution in [0.3, 0.4) is 0 Å². The molecule has 0 amide bonds. The lowest BCUT2D eigenvalue weighted by Crippen LogP contribution is -2.48. The lowest BCUT2D eigenvalue weighted by molar-refractivity contribution is 0.815. The zero-order valence-electron chi connectivity index (χ0n) is 22.4. The Morgan fingerprint density at radius 3 is 2.45 bits per heavy atom. The van der Waals surface area contributed by atoms with Gasteiger partial charge < -0.3 is 10.2 Å². The molecule has 2 aliphatic heterocycles. The normalized spacial score (nSPS) is 16.6. The molecule has 5 aromatic rings. The Morgan fingerprint density at radius 2 is 1.62 bits per heavy atom. The highest BCUT2D eigenvalue weighted by atomic mass is 79.9. The molecule has 3 heterocycles. The number of para-hydroxylation sites is 3. The molecule has 6 nitrogen and oxygen atoms in total. The van der Waals surface area contributed by atoms with E-state index in [1.54, 1.807) is 0 Å². The van der Waals surface area contributed by atoms with Crippen LogP contribution in [0.25, 0.3) is 5.69 Å². The molecule has 7 rings (SSSR count). The van der Waals surface area contributed by atoms with Crippen LogP contribution in [0.1, 0.15) is 34.0 Å². The molecule has 0 aliphatic carbocycles. The lowest BCUT2D eigenvalue weighted by atomic mass is 9.93. The summed E-state index contributed by atoms with van der Waals surface area (Å²) < 4.78 is 2.98. The number of hydrogen-bond donors (Lipinski definition) is 1. The van der Waals surface area contributed by atoms with Gasteiger partial charge in [-0.05, 0) is 79.9 Å².